The Labute approximate surface area is 229 Å². The summed E-state index contributed by atoms with van der Waals surface area (Å²) in [5, 5.41) is 7.35. The zero-order valence-electron chi connectivity index (χ0n) is 21.4. The van der Waals surface area contributed by atoms with Gasteiger partial charge in [0.25, 0.3) is 5.91 Å². The van der Waals surface area contributed by atoms with Crippen molar-refractivity contribution in [3.8, 4) is 11.6 Å². The second-order valence-electron chi connectivity index (χ2n) is 9.23. The molecule has 5 N–H and O–H groups in total. The lowest BCUT2D eigenvalue weighted by atomic mass is 10.1. The van der Waals surface area contributed by atoms with Crippen LogP contribution in [0.3, 0.4) is 0 Å². The third-order valence-corrected chi connectivity index (χ3v) is 7.40. The Balaban J connectivity index is 1.39. The first-order valence-corrected chi connectivity index (χ1v) is 13.2. The number of nitrogens with zero attached hydrogens (tertiary/aromatic N) is 5. The van der Waals surface area contributed by atoms with Crippen molar-refractivity contribution < 1.29 is 13.9 Å². The van der Waals surface area contributed by atoms with Gasteiger partial charge in [0.1, 0.15) is 16.3 Å². The fraction of sp³-hybridized carbons (Fsp3) is 0.222. The molecule has 1 saturated heterocycles. The lowest BCUT2D eigenvalue weighted by Gasteiger charge is -2.30. The second kappa shape index (κ2) is 11.3. The minimum Gasteiger partial charge on any atom is -0.437 e. The Hall–Kier alpha value is -4.10. The van der Waals surface area contributed by atoms with E-state index in [2.05, 4.69) is 33.8 Å². The zero-order chi connectivity index (χ0) is 27.5. The van der Waals surface area contributed by atoms with Gasteiger partial charge >= 0.3 is 0 Å². The molecule has 0 radical (unpaired) electrons. The average molecular weight is 549 g/mol. The van der Waals surface area contributed by atoms with Gasteiger partial charge in [-0.3, -0.25) is 4.79 Å². The summed E-state index contributed by atoms with van der Waals surface area (Å²) < 4.78 is 21.8. The van der Waals surface area contributed by atoms with Crippen molar-refractivity contribution in [1.29, 1.82) is 0 Å². The number of hydrogen-bond donors (Lipinski definition) is 3. The molecule has 12 heteroatoms. The van der Waals surface area contributed by atoms with Crippen molar-refractivity contribution >= 4 is 50.5 Å². The van der Waals surface area contributed by atoms with Crippen molar-refractivity contribution in [1.82, 2.24) is 14.9 Å². The molecule has 0 atom stereocenters. The predicted octanol–water partition coefficient (Wildman–Crippen LogP) is 4.53. The van der Waals surface area contributed by atoms with E-state index in [1.165, 1.54) is 22.4 Å². The molecule has 0 bridgehead atoms. The zero-order valence-corrected chi connectivity index (χ0v) is 22.2. The maximum atomic E-state index is 15.1. The van der Waals surface area contributed by atoms with E-state index < -0.39 is 11.7 Å². The fourth-order valence-electron chi connectivity index (χ4n) is 4.30. The average Bonchev–Trinajstić information content (AvgIpc) is 3.43. The molecule has 1 aliphatic rings. The van der Waals surface area contributed by atoms with Crippen LogP contribution in [0.1, 0.15) is 12.8 Å². The standard InChI is InChI=1S/C27H29FN8O2S/c1-3-24(37)35(29)18-5-4-6-20(15-18)38-26-25-23(11-14-39-25)32-27(33-26)36(30)19-7-8-22(21(28)16-19)31-17-9-12-34(2)13-10-17/h3-8,11,14-17,31H,1,9-10,12-13,29-30H2,2H3. The second-order valence-corrected chi connectivity index (χ2v) is 10.1. The number of carbonyl (C=O) groups is 1. The van der Waals surface area contributed by atoms with Gasteiger partial charge in [0, 0.05) is 18.2 Å². The molecule has 39 heavy (non-hydrogen) atoms. The van der Waals surface area contributed by atoms with Crippen molar-refractivity contribution in [2.45, 2.75) is 18.9 Å². The largest absolute Gasteiger partial charge is 0.437 e. The highest BCUT2D eigenvalue weighted by molar-refractivity contribution is 7.17. The van der Waals surface area contributed by atoms with Crippen molar-refractivity contribution in [2.75, 3.05) is 35.5 Å². The highest BCUT2D eigenvalue weighted by atomic mass is 32.1. The Bertz CT molecular complexity index is 1500. The summed E-state index contributed by atoms with van der Waals surface area (Å²) >= 11 is 1.41. The molecule has 2 aromatic carbocycles. The molecule has 0 saturated carbocycles. The van der Waals surface area contributed by atoms with Gasteiger partial charge in [0.2, 0.25) is 11.8 Å². The number of nitrogens with two attached hydrogens (primary N) is 2. The third-order valence-electron chi connectivity index (χ3n) is 6.51. The number of aromatic nitrogens is 2. The number of benzene rings is 2. The van der Waals surface area contributed by atoms with E-state index in [9.17, 15) is 4.79 Å². The molecule has 1 amide bonds. The van der Waals surface area contributed by atoms with Gasteiger partial charge in [-0.1, -0.05) is 12.6 Å². The van der Waals surface area contributed by atoms with E-state index in [1.54, 1.807) is 36.4 Å². The van der Waals surface area contributed by atoms with E-state index in [1.807, 2.05) is 11.4 Å². The van der Waals surface area contributed by atoms with Crippen LogP contribution in [-0.4, -0.2) is 47.0 Å². The van der Waals surface area contributed by atoms with Gasteiger partial charge in [0.05, 0.1) is 22.6 Å². The Morgan fingerprint density at radius 1 is 1.18 bits per heavy atom. The van der Waals surface area contributed by atoms with Crippen LogP contribution in [0.15, 0.2) is 66.6 Å². The Morgan fingerprint density at radius 2 is 1.97 bits per heavy atom. The number of nitrogens with one attached hydrogen (secondary N) is 1. The maximum absolute atomic E-state index is 15.1. The molecular weight excluding hydrogens is 519 g/mol. The topological polar surface area (TPSA) is 126 Å². The van der Waals surface area contributed by atoms with Gasteiger partial charge in [-0.15, -0.1) is 11.3 Å². The van der Waals surface area contributed by atoms with Gasteiger partial charge in [-0.05, 0) is 74.8 Å². The van der Waals surface area contributed by atoms with Crippen molar-refractivity contribution in [3.05, 3.63) is 72.4 Å². The monoisotopic (exact) mass is 548 g/mol. The fourth-order valence-corrected chi connectivity index (χ4v) is 5.05. The number of carbonyl (C=O) groups excluding carboxylic acids is 1. The summed E-state index contributed by atoms with van der Waals surface area (Å²) in [6, 6.07) is 13.5. The van der Waals surface area contributed by atoms with Crippen LogP contribution in [0.4, 0.5) is 27.4 Å². The van der Waals surface area contributed by atoms with Crippen LogP contribution < -0.4 is 31.8 Å². The lowest BCUT2D eigenvalue weighted by Crippen LogP contribution is -2.36. The van der Waals surface area contributed by atoms with Crippen LogP contribution in [0, 0.1) is 5.82 Å². The number of ether oxygens (including phenoxy) is 1. The maximum Gasteiger partial charge on any atom is 0.264 e. The molecular formula is C27H29FN8O2S. The first-order chi connectivity index (χ1) is 18.8. The molecule has 0 unspecified atom stereocenters. The molecule has 1 fully saturated rings. The number of rotatable bonds is 8. The first kappa shape index (κ1) is 26.5. The number of halogens is 1. The highest BCUT2D eigenvalue weighted by Gasteiger charge is 2.20. The van der Waals surface area contributed by atoms with E-state index in [-0.39, 0.29) is 17.9 Å². The number of amides is 1. The first-order valence-electron chi connectivity index (χ1n) is 12.4. The van der Waals surface area contributed by atoms with Crippen LogP contribution >= 0.6 is 11.3 Å². The van der Waals surface area contributed by atoms with E-state index >= 15 is 4.39 Å². The van der Waals surface area contributed by atoms with E-state index in [0.717, 1.165) is 37.0 Å². The van der Waals surface area contributed by atoms with Crippen molar-refractivity contribution in [3.63, 3.8) is 0 Å². The Kier molecular flexibility index (Phi) is 7.70. The Morgan fingerprint density at radius 3 is 2.72 bits per heavy atom. The van der Waals surface area contributed by atoms with Gasteiger partial charge in [-0.2, -0.15) is 4.98 Å². The molecule has 2 aromatic heterocycles. The smallest absolute Gasteiger partial charge is 0.264 e. The highest BCUT2D eigenvalue weighted by Crippen LogP contribution is 2.35. The summed E-state index contributed by atoms with van der Waals surface area (Å²) in [5.74, 6) is 12.1. The van der Waals surface area contributed by atoms with Crippen LogP contribution in [0.2, 0.25) is 0 Å². The molecule has 0 spiro atoms. The summed E-state index contributed by atoms with van der Waals surface area (Å²) in [4.78, 5) is 23.2. The molecule has 0 aliphatic carbocycles. The summed E-state index contributed by atoms with van der Waals surface area (Å²) in [5.41, 5.74) is 1.85. The molecule has 10 nitrogen and oxygen atoms in total. The molecule has 1 aliphatic heterocycles. The number of thiophene rings is 1. The molecule has 202 valence electrons. The number of likely N-dealkylation sites (tertiary alicyclic amines) is 1. The summed E-state index contributed by atoms with van der Waals surface area (Å²) in [6.45, 7) is 5.40. The van der Waals surface area contributed by atoms with Gasteiger partial charge < -0.3 is 15.0 Å². The van der Waals surface area contributed by atoms with Crippen LogP contribution in [0.5, 0.6) is 11.6 Å². The summed E-state index contributed by atoms with van der Waals surface area (Å²) in [6.07, 6.45) is 3.03. The minimum atomic E-state index is -0.462. The molecule has 3 heterocycles. The third kappa shape index (κ3) is 5.83. The lowest BCUT2D eigenvalue weighted by molar-refractivity contribution is -0.114. The number of hydrazine groups is 2. The summed E-state index contributed by atoms with van der Waals surface area (Å²) in [7, 11) is 2.09. The van der Waals surface area contributed by atoms with Gasteiger partial charge in [-0.25, -0.2) is 31.1 Å². The van der Waals surface area contributed by atoms with E-state index in [4.69, 9.17) is 16.4 Å². The molecule has 5 rings (SSSR count). The van der Waals surface area contributed by atoms with Crippen LogP contribution in [0.25, 0.3) is 10.2 Å². The van der Waals surface area contributed by atoms with Gasteiger partial charge in [0.15, 0.2) is 0 Å². The normalized spacial score (nSPS) is 14.3. The number of piperidine rings is 1. The number of hydrogen-bond acceptors (Lipinski definition) is 10. The SMILES string of the molecule is C=CC(=O)N(N)c1cccc(Oc2nc(N(N)c3ccc(NC4CCN(C)CC4)c(F)c3)nc3ccsc23)c1. The van der Waals surface area contributed by atoms with E-state index in [0.29, 0.717) is 33.0 Å². The quantitative estimate of drug-likeness (QED) is 0.126. The number of fused-ring (bicyclic) bond motifs is 1. The predicted molar refractivity (Wildman–Crippen MR) is 153 cm³/mol. The molecule has 4 aromatic rings. The number of anilines is 4. The minimum absolute atomic E-state index is 0.129. The van der Waals surface area contributed by atoms with Crippen LogP contribution in [-0.2, 0) is 4.79 Å². The van der Waals surface area contributed by atoms with Crippen molar-refractivity contribution in [2.24, 2.45) is 11.7 Å².